The van der Waals surface area contributed by atoms with E-state index in [1.165, 1.54) is 116 Å². The van der Waals surface area contributed by atoms with Crippen LogP contribution in [0.3, 0.4) is 0 Å². The van der Waals surface area contributed by atoms with Gasteiger partial charge < -0.3 is 39.9 Å². The highest BCUT2D eigenvalue weighted by Crippen LogP contribution is 2.61. The third kappa shape index (κ3) is 9.55. The fourth-order valence-corrected chi connectivity index (χ4v) is 16.9. The van der Waals surface area contributed by atoms with Crippen molar-refractivity contribution in [3.05, 3.63) is 154 Å². The van der Waals surface area contributed by atoms with Gasteiger partial charge >= 0.3 is 12.2 Å². The molecule has 2 saturated heterocycles. The summed E-state index contributed by atoms with van der Waals surface area (Å²) < 4.78 is 10.0. The number of aromatic nitrogens is 4. The maximum Gasteiger partial charge on any atom is 0.407 e. The van der Waals surface area contributed by atoms with Crippen molar-refractivity contribution < 1.29 is 28.7 Å². The molecule has 6 fully saturated rings. The summed E-state index contributed by atoms with van der Waals surface area (Å²) in [5.41, 5.74) is 17.8. The lowest BCUT2D eigenvalue weighted by Gasteiger charge is -2.28. The van der Waals surface area contributed by atoms with E-state index in [9.17, 15) is 19.2 Å². The summed E-state index contributed by atoms with van der Waals surface area (Å²) in [6.07, 6.45) is 22.1. The van der Waals surface area contributed by atoms with Crippen molar-refractivity contribution in [2.45, 2.75) is 153 Å². The summed E-state index contributed by atoms with van der Waals surface area (Å²) in [5.74, 6) is 1.50. The Morgan fingerprint density at radius 1 is 0.595 bits per heavy atom. The van der Waals surface area contributed by atoms with E-state index >= 15 is 0 Å². The quantitative estimate of drug-likeness (QED) is 0.0882. The van der Waals surface area contributed by atoms with Crippen LogP contribution in [-0.4, -0.2) is 87.1 Å². The summed E-state index contributed by atoms with van der Waals surface area (Å²) in [7, 11) is 2.69. The lowest BCUT2D eigenvalue weighted by molar-refractivity contribution is -0.135. The van der Waals surface area contributed by atoms with Crippen molar-refractivity contribution in [2.24, 2.45) is 21.7 Å². The van der Waals surface area contributed by atoms with Gasteiger partial charge in [-0.15, -0.1) is 0 Å². The van der Waals surface area contributed by atoms with E-state index in [4.69, 9.17) is 19.4 Å². The highest BCUT2D eigenvalue weighted by atomic mass is 16.5. The molecule has 4 saturated carbocycles. The van der Waals surface area contributed by atoms with E-state index in [0.717, 1.165) is 98.1 Å². The number of nitrogens with one attached hydrogen (secondary N) is 4. The van der Waals surface area contributed by atoms with Crippen molar-refractivity contribution in [1.29, 1.82) is 0 Å². The minimum atomic E-state index is -0.883. The molecule has 1 unspecified atom stereocenters. The molecule has 6 aliphatic carbocycles. The molecule has 0 radical (unpaired) electrons. The lowest BCUT2D eigenvalue weighted by atomic mass is 9.82. The van der Waals surface area contributed by atoms with Crippen molar-refractivity contribution in [3.8, 4) is 33.5 Å². The number of fused-ring (bicyclic) bond motifs is 3. The highest BCUT2D eigenvalue weighted by molar-refractivity contribution is 5.89. The minimum Gasteiger partial charge on any atom is -0.453 e. The second kappa shape index (κ2) is 20.5. The standard InChI is InChI=1S/C70H76N8O6/c1-83-65(81)72-46(31-43-13-5-3-6-14-43)33-60(79)77-41-69(27-28-69)38-58(77)62-71-40-57(75-62)50-21-20-49(53-36-68(37-54(50)53)25-11-12-26-68)48-19-18-47(51-34-67(35-52(48)51)23-9-10-24-67)45-17-22-55-56(32-45)74-63(73-55)59-39-70(29-30-70)42-78(59)64(80)61(76-66(82)84-2)44-15-7-4-8-16-44/h3-8,13-22,32,40,46,58-59,61H,9-12,23-31,33-39,41-42H2,1-2H3,(H,71,75)(H,72,81)(H,73,74)(H,76,82)/t46?,58-,59+,61+/m1/s1. The zero-order chi connectivity index (χ0) is 57.0. The normalized spacial score (nSPS) is 22.2. The van der Waals surface area contributed by atoms with Crippen LogP contribution in [0.4, 0.5) is 9.59 Å². The van der Waals surface area contributed by atoms with Crippen LogP contribution in [0.15, 0.2) is 109 Å². The molecule has 4 atom stereocenters. The van der Waals surface area contributed by atoms with E-state index in [1.807, 2.05) is 76.7 Å². The van der Waals surface area contributed by atoms with Crippen LogP contribution in [0.5, 0.6) is 0 Å². The van der Waals surface area contributed by atoms with Gasteiger partial charge in [0.1, 0.15) is 17.7 Å². The SMILES string of the molecule is COC(=O)NC(CC(=O)N1CC2(CC2)C[C@@H]1c1ncc(-c2ccc(-c3ccc(-c4ccc5nc([C@@H]6CC7(CC7)CN6C(=O)[C@@H](NC(=O)OC)c6ccccc6)[nH]c5c4)c4c3CC3(CCCC3)C4)c3c2CC2(CCCC2)C3)[nH]1)Cc1ccccc1. The molecule has 8 aliphatic rings. The Labute approximate surface area is 491 Å². The topological polar surface area (TPSA) is 175 Å². The minimum absolute atomic E-state index is 0.0271. The van der Waals surface area contributed by atoms with Gasteiger partial charge in [0.05, 0.1) is 49.2 Å². The summed E-state index contributed by atoms with van der Waals surface area (Å²) in [5, 5.41) is 5.80. The van der Waals surface area contributed by atoms with Crippen LogP contribution in [0, 0.1) is 21.7 Å². The number of benzene rings is 5. The molecule has 5 aromatic carbocycles. The largest absolute Gasteiger partial charge is 0.453 e. The summed E-state index contributed by atoms with van der Waals surface area (Å²) in [6.45, 7) is 1.33. The average Bonchev–Trinajstić information content (AvgIpc) is 1.87. The van der Waals surface area contributed by atoms with Gasteiger partial charge in [-0.25, -0.2) is 19.6 Å². The number of hydrogen-bond acceptors (Lipinski definition) is 8. The number of carbonyl (C=O) groups excluding carboxylic acids is 4. The lowest BCUT2D eigenvalue weighted by Crippen LogP contribution is -2.43. The Morgan fingerprint density at radius 2 is 1.14 bits per heavy atom. The molecule has 2 aliphatic heterocycles. The van der Waals surface area contributed by atoms with Crippen molar-refractivity contribution >= 4 is 35.0 Å². The number of nitrogens with zero attached hydrogens (tertiary/aromatic N) is 4. The van der Waals surface area contributed by atoms with Gasteiger partial charge in [-0.2, -0.15) is 0 Å². The monoisotopic (exact) mass is 1120 g/mol. The molecular weight excluding hydrogens is 1050 g/mol. The second-order valence-electron chi connectivity index (χ2n) is 27.0. The Balaban J connectivity index is 0.744. The first-order valence-corrected chi connectivity index (χ1v) is 31.1. The van der Waals surface area contributed by atoms with E-state index in [0.29, 0.717) is 25.1 Å². The van der Waals surface area contributed by atoms with Crippen LogP contribution in [0.1, 0.15) is 159 Å². The molecule has 4 heterocycles. The highest BCUT2D eigenvalue weighted by Gasteiger charge is 2.56. The van der Waals surface area contributed by atoms with Crippen LogP contribution in [-0.2, 0) is 51.2 Å². The Hall–Kier alpha value is -7.74. The van der Waals surface area contributed by atoms with Gasteiger partial charge in [-0.3, -0.25) is 9.59 Å². The van der Waals surface area contributed by atoms with Gasteiger partial charge in [0.25, 0.3) is 5.91 Å². The molecule has 15 rings (SSSR count). The van der Waals surface area contributed by atoms with Gasteiger partial charge in [-0.1, -0.05) is 117 Å². The number of H-pyrrole nitrogens is 2. The predicted octanol–water partition coefficient (Wildman–Crippen LogP) is 13.2. The number of imidazole rings is 2. The number of rotatable bonds is 13. The number of hydrogen-bond donors (Lipinski definition) is 4. The van der Waals surface area contributed by atoms with E-state index in [2.05, 4.69) is 63.1 Å². The number of ether oxygens (including phenoxy) is 2. The number of aromatic amines is 2. The molecule has 4 N–H and O–H groups in total. The second-order valence-corrected chi connectivity index (χ2v) is 27.0. The molecule has 4 amide bonds. The number of methoxy groups -OCH3 is 2. The Kier molecular flexibility index (Phi) is 12.9. The van der Waals surface area contributed by atoms with Crippen LogP contribution in [0.2, 0.25) is 0 Å². The summed E-state index contributed by atoms with van der Waals surface area (Å²) in [6, 6.07) is 34.1. The first-order valence-electron chi connectivity index (χ1n) is 31.1. The fourth-order valence-electron chi connectivity index (χ4n) is 16.9. The fraction of sp³-hybridized carbons (Fsp3) is 0.457. The Morgan fingerprint density at radius 3 is 1.76 bits per heavy atom. The van der Waals surface area contributed by atoms with Crippen LogP contribution >= 0.6 is 0 Å². The molecule has 14 heteroatoms. The average molecular weight is 1130 g/mol. The van der Waals surface area contributed by atoms with Gasteiger partial charge in [0.2, 0.25) is 5.91 Å². The molecule has 4 spiro atoms. The Bertz CT molecular complexity index is 3740. The molecule has 7 aromatic rings. The van der Waals surface area contributed by atoms with Gasteiger partial charge in [0.15, 0.2) is 0 Å². The smallest absolute Gasteiger partial charge is 0.407 e. The molecule has 84 heavy (non-hydrogen) atoms. The zero-order valence-electron chi connectivity index (χ0n) is 48.5. The van der Waals surface area contributed by atoms with E-state index in [-0.39, 0.29) is 52.0 Å². The van der Waals surface area contributed by atoms with Crippen LogP contribution in [0.25, 0.3) is 44.5 Å². The molecule has 432 valence electrons. The maximum atomic E-state index is 14.7. The van der Waals surface area contributed by atoms with Crippen molar-refractivity contribution in [3.63, 3.8) is 0 Å². The zero-order valence-corrected chi connectivity index (χ0v) is 48.5. The number of carbonyl (C=O) groups is 4. The first kappa shape index (κ1) is 53.0. The number of alkyl carbamates (subject to hydrolysis) is 2. The molecule has 14 nitrogen and oxygen atoms in total. The summed E-state index contributed by atoms with van der Waals surface area (Å²) in [4.78, 5) is 76.4. The van der Waals surface area contributed by atoms with Crippen molar-refractivity contribution in [2.75, 3.05) is 27.3 Å². The molecule has 2 aromatic heterocycles. The third-order valence-corrected chi connectivity index (χ3v) is 21.6. The molecule has 0 bridgehead atoms. The van der Waals surface area contributed by atoms with Gasteiger partial charge in [-0.05, 0) is 186 Å². The number of amides is 4. The third-order valence-electron chi connectivity index (χ3n) is 21.6. The van der Waals surface area contributed by atoms with Crippen molar-refractivity contribution in [1.82, 2.24) is 40.4 Å². The van der Waals surface area contributed by atoms with E-state index in [1.54, 1.807) is 0 Å². The van der Waals surface area contributed by atoms with E-state index < -0.39 is 24.3 Å². The maximum absolute atomic E-state index is 14.7. The summed E-state index contributed by atoms with van der Waals surface area (Å²) >= 11 is 0. The van der Waals surface area contributed by atoms with Gasteiger partial charge in [0, 0.05) is 31.1 Å². The van der Waals surface area contributed by atoms with Crippen LogP contribution < -0.4 is 10.6 Å². The first-order chi connectivity index (χ1) is 40.9. The predicted molar refractivity (Wildman–Crippen MR) is 321 cm³/mol. The number of likely N-dealkylation sites (tertiary alicyclic amines) is 2. The molecular formula is C70H76N8O6.